The molecule has 1 aliphatic rings. The summed E-state index contributed by atoms with van der Waals surface area (Å²) in [7, 11) is -3.12. The van der Waals surface area contributed by atoms with E-state index in [0.717, 1.165) is 15.7 Å². The average molecular weight is 320 g/mol. The second kappa shape index (κ2) is 4.59. The van der Waals surface area contributed by atoms with Gasteiger partial charge in [0.05, 0.1) is 23.7 Å². The van der Waals surface area contributed by atoms with Crippen LogP contribution >= 0.6 is 15.9 Å². The Bertz CT molecular complexity index is 530. The summed E-state index contributed by atoms with van der Waals surface area (Å²) in [5.74, 6) is -0.178. The molecule has 94 valence electrons. The number of hydrogen-bond acceptors (Lipinski definition) is 4. The predicted molar refractivity (Wildman–Crippen MR) is 71.0 cm³/mol. The summed E-state index contributed by atoms with van der Waals surface area (Å²) in [6.45, 7) is 1.96. The molecule has 4 nitrogen and oxygen atoms in total. The van der Waals surface area contributed by atoms with Crippen molar-refractivity contribution in [3.05, 3.63) is 28.2 Å². The Kier molecular flexibility index (Phi) is 3.47. The molecule has 2 atom stereocenters. The normalized spacial score (nSPS) is 27.0. The fourth-order valence-corrected chi connectivity index (χ4v) is 4.02. The van der Waals surface area contributed by atoms with Crippen LogP contribution in [0.5, 0.6) is 0 Å². The molecule has 17 heavy (non-hydrogen) atoms. The van der Waals surface area contributed by atoms with Crippen molar-refractivity contribution in [2.24, 2.45) is 0 Å². The van der Waals surface area contributed by atoms with E-state index in [1.807, 2.05) is 25.1 Å². The molecule has 0 saturated carbocycles. The number of aryl methyl sites for hydroxylation is 1. The van der Waals surface area contributed by atoms with Gasteiger partial charge in [-0.05, 0) is 40.5 Å². The van der Waals surface area contributed by atoms with Gasteiger partial charge >= 0.3 is 0 Å². The van der Waals surface area contributed by atoms with Gasteiger partial charge in [0, 0.05) is 10.2 Å². The summed E-state index contributed by atoms with van der Waals surface area (Å²) in [6, 6.07) is 5.34. The van der Waals surface area contributed by atoms with Gasteiger partial charge in [-0.2, -0.15) is 0 Å². The van der Waals surface area contributed by atoms with Crippen molar-refractivity contribution in [1.29, 1.82) is 0 Å². The minimum atomic E-state index is -3.12. The van der Waals surface area contributed by atoms with Gasteiger partial charge in [-0.1, -0.05) is 6.07 Å². The van der Waals surface area contributed by atoms with Crippen LogP contribution in [-0.2, 0) is 9.84 Å². The SMILES string of the molecule is Cc1ccc(Br)c(NC2CS(=O)(=O)CC2O)c1. The van der Waals surface area contributed by atoms with Crippen LogP contribution in [0, 0.1) is 6.92 Å². The number of rotatable bonds is 2. The van der Waals surface area contributed by atoms with E-state index in [-0.39, 0.29) is 11.5 Å². The fraction of sp³-hybridized carbons (Fsp3) is 0.455. The number of nitrogens with one attached hydrogen (secondary N) is 1. The third-order valence-corrected chi connectivity index (χ3v) is 5.19. The van der Waals surface area contributed by atoms with E-state index in [2.05, 4.69) is 21.2 Å². The summed E-state index contributed by atoms with van der Waals surface area (Å²) in [4.78, 5) is 0. The Morgan fingerprint density at radius 1 is 1.41 bits per heavy atom. The van der Waals surface area contributed by atoms with Crippen LogP contribution in [-0.4, -0.2) is 37.2 Å². The highest BCUT2D eigenvalue weighted by Gasteiger charge is 2.36. The van der Waals surface area contributed by atoms with Crippen molar-refractivity contribution >= 4 is 31.5 Å². The molecule has 1 heterocycles. The molecular weight excluding hydrogens is 306 g/mol. The van der Waals surface area contributed by atoms with Crippen LogP contribution in [0.4, 0.5) is 5.69 Å². The summed E-state index contributed by atoms with van der Waals surface area (Å²) in [6.07, 6.45) is -0.840. The minimum Gasteiger partial charge on any atom is -0.390 e. The van der Waals surface area contributed by atoms with Crippen molar-refractivity contribution in [3.63, 3.8) is 0 Å². The first-order chi connectivity index (χ1) is 7.87. The van der Waals surface area contributed by atoms with E-state index in [4.69, 9.17) is 0 Å². The molecule has 0 spiro atoms. The first kappa shape index (κ1) is 12.9. The zero-order valence-electron chi connectivity index (χ0n) is 9.35. The van der Waals surface area contributed by atoms with Gasteiger partial charge in [-0.15, -0.1) is 0 Å². The Labute approximate surface area is 109 Å². The van der Waals surface area contributed by atoms with Crippen LogP contribution < -0.4 is 5.32 Å². The summed E-state index contributed by atoms with van der Waals surface area (Å²) >= 11 is 3.39. The van der Waals surface area contributed by atoms with E-state index >= 15 is 0 Å². The smallest absolute Gasteiger partial charge is 0.155 e. The molecule has 2 unspecified atom stereocenters. The number of aliphatic hydroxyl groups is 1. The van der Waals surface area contributed by atoms with Crippen molar-refractivity contribution in [2.75, 3.05) is 16.8 Å². The van der Waals surface area contributed by atoms with Crippen LogP contribution in [0.25, 0.3) is 0 Å². The molecule has 1 fully saturated rings. The number of anilines is 1. The van der Waals surface area contributed by atoms with Crippen molar-refractivity contribution in [2.45, 2.75) is 19.1 Å². The van der Waals surface area contributed by atoms with Gasteiger partial charge in [0.1, 0.15) is 0 Å². The van der Waals surface area contributed by atoms with Crippen LogP contribution in [0.3, 0.4) is 0 Å². The first-order valence-corrected chi connectivity index (χ1v) is 7.90. The molecule has 1 saturated heterocycles. The molecule has 1 aromatic carbocycles. The second-order valence-electron chi connectivity index (χ2n) is 4.38. The molecule has 0 amide bonds. The molecule has 2 N–H and O–H groups in total. The molecule has 1 aliphatic heterocycles. The molecule has 0 aliphatic carbocycles. The third kappa shape index (κ3) is 3.00. The zero-order chi connectivity index (χ0) is 12.6. The van der Waals surface area contributed by atoms with Crippen molar-refractivity contribution in [1.82, 2.24) is 0 Å². The third-order valence-electron chi connectivity index (χ3n) is 2.79. The minimum absolute atomic E-state index is 0.0193. The largest absolute Gasteiger partial charge is 0.390 e. The molecule has 2 rings (SSSR count). The maximum Gasteiger partial charge on any atom is 0.155 e. The predicted octanol–water partition coefficient (Wildman–Crippen LogP) is 1.33. The average Bonchev–Trinajstić information content (AvgIpc) is 2.46. The van der Waals surface area contributed by atoms with Crippen molar-refractivity contribution < 1.29 is 13.5 Å². The molecular formula is C11H14BrNO3S. The van der Waals surface area contributed by atoms with Gasteiger partial charge in [0.15, 0.2) is 9.84 Å². The Balaban J connectivity index is 2.19. The van der Waals surface area contributed by atoms with E-state index in [0.29, 0.717) is 0 Å². The molecule has 0 bridgehead atoms. The quantitative estimate of drug-likeness (QED) is 0.863. The Morgan fingerprint density at radius 3 is 2.71 bits per heavy atom. The molecule has 1 aromatic rings. The monoisotopic (exact) mass is 319 g/mol. The van der Waals surface area contributed by atoms with E-state index in [1.165, 1.54) is 0 Å². The molecule has 0 aromatic heterocycles. The maximum atomic E-state index is 11.4. The zero-order valence-corrected chi connectivity index (χ0v) is 11.8. The lowest BCUT2D eigenvalue weighted by atomic mass is 10.1. The molecule has 0 radical (unpaired) electrons. The maximum absolute atomic E-state index is 11.4. The number of sulfone groups is 1. The summed E-state index contributed by atoms with van der Waals surface area (Å²) < 4.78 is 23.6. The lowest BCUT2D eigenvalue weighted by Gasteiger charge is -2.17. The highest BCUT2D eigenvalue weighted by molar-refractivity contribution is 9.10. The number of halogens is 1. The van der Waals surface area contributed by atoms with Crippen LogP contribution in [0.2, 0.25) is 0 Å². The second-order valence-corrected chi connectivity index (χ2v) is 7.39. The lowest BCUT2D eigenvalue weighted by Crippen LogP contribution is -2.31. The van der Waals surface area contributed by atoms with Gasteiger partial charge in [-0.25, -0.2) is 8.42 Å². The standard InChI is InChI=1S/C11H14BrNO3S/c1-7-2-3-8(12)9(4-7)13-10-5-17(15,16)6-11(10)14/h2-4,10-11,13-14H,5-6H2,1H3. The lowest BCUT2D eigenvalue weighted by molar-refractivity contribution is 0.190. The summed E-state index contributed by atoms with van der Waals surface area (Å²) in [5, 5.41) is 12.8. The number of aliphatic hydroxyl groups excluding tert-OH is 1. The summed E-state index contributed by atoms with van der Waals surface area (Å²) in [5.41, 5.74) is 1.89. The molecule has 6 heteroatoms. The topological polar surface area (TPSA) is 66.4 Å². The Hall–Kier alpha value is -0.590. The van der Waals surface area contributed by atoms with Gasteiger partial charge in [-0.3, -0.25) is 0 Å². The van der Waals surface area contributed by atoms with Crippen molar-refractivity contribution in [3.8, 4) is 0 Å². The van der Waals surface area contributed by atoms with Gasteiger partial charge in [0.25, 0.3) is 0 Å². The fourth-order valence-electron chi connectivity index (χ4n) is 1.92. The van der Waals surface area contributed by atoms with E-state index in [9.17, 15) is 13.5 Å². The highest BCUT2D eigenvalue weighted by Crippen LogP contribution is 2.26. The van der Waals surface area contributed by atoms with E-state index in [1.54, 1.807) is 0 Å². The van der Waals surface area contributed by atoms with E-state index < -0.39 is 22.0 Å². The van der Waals surface area contributed by atoms with Gasteiger partial charge in [0.2, 0.25) is 0 Å². The van der Waals surface area contributed by atoms with Crippen LogP contribution in [0.1, 0.15) is 5.56 Å². The highest BCUT2D eigenvalue weighted by atomic mass is 79.9. The number of hydrogen-bond donors (Lipinski definition) is 2. The first-order valence-electron chi connectivity index (χ1n) is 5.28. The Morgan fingerprint density at radius 2 is 2.12 bits per heavy atom. The van der Waals surface area contributed by atoms with Gasteiger partial charge < -0.3 is 10.4 Å². The van der Waals surface area contributed by atoms with Crippen LogP contribution in [0.15, 0.2) is 22.7 Å². The number of benzene rings is 1.